The predicted molar refractivity (Wildman–Crippen MR) is 90.0 cm³/mol. The molecule has 1 aliphatic rings. The van der Waals surface area contributed by atoms with E-state index in [4.69, 9.17) is 4.98 Å². The number of aromatic nitrogens is 3. The third-order valence-electron chi connectivity index (χ3n) is 3.86. The fraction of sp³-hybridized carbons (Fsp3) is 0.235. The molecule has 0 amide bonds. The smallest absolute Gasteiger partial charge is 0.225 e. The van der Waals surface area contributed by atoms with Gasteiger partial charge >= 0.3 is 0 Å². The van der Waals surface area contributed by atoms with Gasteiger partial charge in [0, 0.05) is 31.0 Å². The fourth-order valence-corrected chi connectivity index (χ4v) is 3.48. The van der Waals surface area contributed by atoms with Gasteiger partial charge in [-0.05, 0) is 36.4 Å². The van der Waals surface area contributed by atoms with E-state index < -0.39 is 0 Å². The van der Waals surface area contributed by atoms with Crippen molar-refractivity contribution in [3.8, 4) is 21.8 Å². The zero-order valence-corrected chi connectivity index (χ0v) is 13.0. The van der Waals surface area contributed by atoms with Gasteiger partial charge in [-0.1, -0.05) is 12.1 Å². The molecule has 0 spiro atoms. The zero-order chi connectivity index (χ0) is 14.8. The van der Waals surface area contributed by atoms with Crippen LogP contribution in [0.5, 0.6) is 0 Å². The molecular formula is C17H16N4S. The van der Waals surface area contributed by atoms with Crippen LogP contribution in [0.1, 0.15) is 12.8 Å². The van der Waals surface area contributed by atoms with Crippen LogP contribution in [0.4, 0.5) is 5.95 Å². The Balaban J connectivity index is 1.84. The second-order valence-electron chi connectivity index (χ2n) is 5.32. The monoisotopic (exact) mass is 308 g/mol. The maximum Gasteiger partial charge on any atom is 0.225 e. The van der Waals surface area contributed by atoms with Crippen LogP contribution in [0, 0.1) is 0 Å². The number of nitrogens with zero attached hydrogens (tertiary/aromatic N) is 4. The summed E-state index contributed by atoms with van der Waals surface area (Å²) in [5, 5.41) is 2.08. The number of hydrogen-bond donors (Lipinski definition) is 0. The van der Waals surface area contributed by atoms with Gasteiger partial charge in [0.1, 0.15) is 0 Å². The van der Waals surface area contributed by atoms with E-state index in [2.05, 4.69) is 32.4 Å². The van der Waals surface area contributed by atoms with E-state index in [1.807, 2.05) is 30.6 Å². The third-order valence-corrected chi connectivity index (χ3v) is 4.74. The van der Waals surface area contributed by atoms with E-state index in [0.29, 0.717) is 0 Å². The molecule has 5 heteroatoms. The van der Waals surface area contributed by atoms with Gasteiger partial charge in [-0.15, -0.1) is 11.3 Å². The molecule has 22 heavy (non-hydrogen) atoms. The van der Waals surface area contributed by atoms with Crippen molar-refractivity contribution in [1.82, 2.24) is 15.0 Å². The van der Waals surface area contributed by atoms with E-state index in [1.54, 1.807) is 11.3 Å². The Morgan fingerprint density at radius 2 is 1.91 bits per heavy atom. The van der Waals surface area contributed by atoms with Crippen molar-refractivity contribution >= 4 is 17.3 Å². The van der Waals surface area contributed by atoms with E-state index in [9.17, 15) is 0 Å². The van der Waals surface area contributed by atoms with E-state index in [0.717, 1.165) is 40.9 Å². The van der Waals surface area contributed by atoms with Gasteiger partial charge < -0.3 is 4.90 Å². The standard InChI is InChI=1S/C17H16N4S/c1-2-8-18-14(6-1)13-12-19-17(21-9-3-4-10-21)20-16(13)15-7-5-11-22-15/h1-2,5-8,11-12H,3-4,9-10H2. The van der Waals surface area contributed by atoms with Gasteiger partial charge in [-0.25, -0.2) is 9.97 Å². The minimum Gasteiger partial charge on any atom is -0.341 e. The number of rotatable bonds is 3. The average Bonchev–Trinajstić information content (AvgIpc) is 3.29. The summed E-state index contributed by atoms with van der Waals surface area (Å²) in [4.78, 5) is 17.3. The molecule has 1 fully saturated rings. The summed E-state index contributed by atoms with van der Waals surface area (Å²) >= 11 is 1.70. The summed E-state index contributed by atoms with van der Waals surface area (Å²) in [6.07, 6.45) is 6.17. The minimum atomic E-state index is 0.834. The van der Waals surface area contributed by atoms with Crippen molar-refractivity contribution in [2.45, 2.75) is 12.8 Å². The molecule has 3 aromatic heterocycles. The highest BCUT2D eigenvalue weighted by Gasteiger charge is 2.18. The van der Waals surface area contributed by atoms with Crippen LogP contribution in [0.2, 0.25) is 0 Å². The molecule has 4 rings (SSSR count). The SMILES string of the molecule is c1ccc(-c2cnc(N3CCCC3)nc2-c2cccs2)nc1. The molecule has 4 heterocycles. The molecule has 0 saturated carbocycles. The Bertz CT molecular complexity index is 750. The van der Waals surface area contributed by atoms with E-state index >= 15 is 0 Å². The van der Waals surface area contributed by atoms with Crippen LogP contribution in [-0.4, -0.2) is 28.0 Å². The summed E-state index contributed by atoms with van der Waals surface area (Å²) in [6.45, 7) is 2.10. The quantitative estimate of drug-likeness (QED) is 0.736. The summed E-state index contributed by atoms with van der Waals surface area (Å²) in [7, 11) is 0. The van der Waals surface area contributed by atoms with Crippen LogP contribution in [0.3, 0.4) is 0 Å². The third kappa shape index (κ3) is 2.48. The van der Waals surface area contributed by atoms with Crippen LogP contribution in [0.15, 0.2) is 48.1 Å². The maximum atomic E-state index is 4.86. The summed E-state index contributed by atoms with van der Waals surface area (Å²) in [5.41, 5.74) is 2.88. The molecule has 0 atom stereocenters. The van der Waals surface area contributed by atoms with Gasteiger partial charge in [-0.3, -0.25) is 4.98 Å². The molecule has 3 aromatic rings. The maximum absolute atomic E-state index is 4.86. The van der Waals surface area contributed by atoms with E-state index in [-0.39, 0.29) is 0 Å². The van der Waals surface area contributed by atoms with Gasteiger partial charge in [0.2, 0.25) is 5.95 Å². The lowest BCUT2D eigenvalue weighted by Gasteiger charge is -2.17. The molecule has 110 valence electrons. The highest BCUT2D eigenvalue weighted by Crippen LogP contribution is 2.33. The Kier molecular flexibility index (Phi) is 3.56. The number of hydrogen-bond acceptors (Lipinski definition) is 5. The molecular weight excluding hydrogens is 292 g/mol. The lowest BCUT2D eigenvalue weighted by Crippen LogP contribution is -2.20. The summed E-state index contributed by atoms with van der Waals surface area (Å²) in [6, 6.07) is 10.1. The first kappa shape index (κ1) is 13.4. The molecule has 0 N–H and O–H groups in total. The Morgan fingerprint density at radius 3 is 2.64 bits per heavy atom. The van der Waals surface area contributed by atoms with Crippen molar-refractivity contribution in [3.63, 3.8) is 0 Å². The van der Waals surface area contributed by atoms with Gasteiger partial charge in [0.25, 0.3) is 0 Å². The zero-order valence-electron chi connectivity index (χ0n) is 12.1. The first-order valence-electron chi connectivity index (χ1n) is 7.49. The molecule has 1 saturated heterocycles. The van der Waals surface area contributed by atoms with Crippen molar-refractivity contribution in [2.24, 2.45) is 0 Å². The van der Waals surface area contributed by atoms with Crippen LogP contribution in [0.25, 0.3) is 21.8 Å². The lowest BCUT2D eigenvalue weighted by molar-refractivity contribution is 0.901. The largest absolute Gasteiger partial charge is 0.341 e. The molecule has 0 aliphatic carbocycles. The fourth-order valence-electron chi connectivity index (χ4n) is 2.75. The highest BCUT2D eigenvalue weighted by atomic mass is 32.1. The van der Waals surface area contributed by atoms with Crippen LogP contribution in [-0.2, 0) is 0 Å². The Morgan fingerprint density at radius 1 is 1.00 bits per heavy atom. The van der Waals surface area contributed by atoms with Gasteiger partial charge in [0.05, 0.1) is 16.3 Å². The molecule has 0 bridgehead atoms. The summed E-state index contributed by atoms with van der Waals surface area (Å²) in [5.74, 6) is 0.834. The Labute approximate surface area is 133 Å². The molecule has 0 radical (unpaired) electrons. The topological polar surface area (TPSA) is 41.9 Å². The normalized spacial score (nSPS) is 14.5. The Hall–Kier alpha value is -2.27. The van der Waals surface area contributed by atoms with Crippen molar-refractivity contribution in [2.75, 3.05) is 18.0 Å². The molecule has 4 nitrogen and oxygen atoms in total. The first-order chi connectivity index (χ1) is 10.9. The van der Waals surface area contributed by atoms with Gasteiger partial charge in [-0.2, -0.15) is 0 Å². The van der Waals surface area contributed by atoms with Gasteiger partial charge in [0.15, 0.2) is 0 Å². The minimum absolute atomic E-state index is 0.834. The van der Waals surface area contributed by atoms with Crippen LogP contribution < -0.4 is 4.90 Å². The molecule has 0 unspecified atom stereocenters. The van der Waals surface area contributed by atoms with Crippen molar-refractivity contribution in [3.05, 3.63) is 48.1 Å². The molecule has 1 aliphatic heterocycles. The number of thiophene rings is 1. The van der Waals surface area contributed by atoms with Crippen LogP contribution >= 0.6 is 11.3 Å². The van der Waals surface area contributed by atoms with E-state index in [1.165, 1.54) is 12.8 Å². The first-order valence-corrected chi connectivity index (χ1v) is 8.37. The highest BCUT2D eigenvalue weighted by molar-refractivity contribution is 7.13. The van der Waals surface area contributed by atoms with Crippen molar-refractivity contribution < 1.29 is 0 Å². The number of anilines is 1. The molecule has 0 aromatic carbocycles. The lowest BCUT2D eigenvalue weighted by atomic mass is 10.1. The average molecular weight is 308 g/mol. The summed E-state index contributed by atoms with van der Waals surface area (Å²) < 4.78 is 0. The van der Waals surface area contributed by atoms with Crippen molar-refractivity contribution in [1.29, 1.82) is 0 Å². The second-order valence-corrected chi connectivity index (χ2v) is 6.27. The second kappa shape index (κ2) is 5.85. The number of pyridine rings is 1. The predicted octanol–water partition coefficient (Wildman–Crippen LogP) is 3.87.